The first-order valence-electron chi connectivity index (χ1n) is 8.03. The van der Waals surface area contributed by atoms with Gasteiger partial charge in [-0.05, 0) is 0 Å². The molecule has 3 aliphatic rings. The molecule has 3 aliphatic heterocycles. The first-order chi connectivity index (χ1) is 9.41. The van der Waals surface area contributed by atoms with E-state index in [2.05, 4.69) is 27.7 Å². The average molecular weight is 306 g/mol. The summed E-state index contributed by atoms with van der Waals surface area (Å²) in [5.74, 6) is 0. The van der Waals surface area contributed by atoms with E-state index in [4.69, 9.17) is 18.1 Å². The van der Waals surface area contributed by atoms with Crippen LogP contribution in [0.5, 0.6) is 0 Å². The van der Waals surface area contributed by atoms with Crippen LogP contribution in [-0.2, 0) is 18.1 Å². The molecule has 1 N–H and O–H groups in total. The Labute approximate surface area is 122 Å². The van der Waals surface area contributed by atoms with Gasteiger partial charge in [0.15, 0.2) is 0 Å². The Morgan fingerprint density at radius 1 is 0.750 bits per heavy atom. The molecule has 6 heteroatoms. The van der Waals surface area contributed by atoms with Gasteiger partial charge in [0, 0.05) is 0 Å². The fraction of sp³-hybridized carbons (Fsp3) is 1.00. The molecule has 0 unspecified atom stereocenters. The van der Waals surface area contributed by atoms with Gasteiger partial charge in [0.1, 0.15) is 0 Å². The van der Waals surface area contributed by atoms with Crippen LogP contribution in [0.1, 0.15) is 47.0 Å². The summed E-state index contributed by atoms with van der Waals surface area (Å²) in [5, 5.41) is 0. The van der Waals surface area contributed by atoms with Crippen LogP contribution in [0.2, 0.25) is 0 Å². The fourth-order valence-electron chi connectivity index (χ4n) is 3.50. The molecule has 5 nitrogen and oxygen atoms in total. The van der Waals surface area contributed by atoms with Crippen LogP contribution in [0.25, 0.3) is 0 Å². The molecule has 118 valence electrons. The molecule has 0 aliphatic carbocycles. The average Bonchev–Trinajstić information content (AvgIpc) is 2.75. The summed E-state index contributed by atoms with van der Waals surface area (Å²) in [6, 6.07) is 0. The molecule has 0 aromatic heterocycles. The summed E-state index contributed by atoms with van der Waals surface area (Å²) >= 11 is 0. The van der Waals surface area contributed by atoms with E-state index in [1.807, 2.05) is 0 Å². The van der Waals surface area contributed by atoms with Gasteiger partial charge < -0.3 is 0 Å². The first kappa shape index (κ1) is 15.1. The number of hydrogen-bond acceptors (Lipinski definition) is 4. The van der Waals surface area contributed by atoms with Gasteiger partial charge >= 0.3 is 121 Å². The van der Waals surface area contributed by atoms with Crippen molar-refractivity contribution in [2.75, 3.05) is 19.4 Å². The Morgan fingerprint density at radius 2 is 1.15 bits per heavy atom. The number of hydrogen-bond donors (Lipinski definition) is 1. The molecular weight excluding hydrogens is 277 g/mol. The molecule has 0 bridgehead atoms. The summed E-state index contributed by atoms with van der Waals surface area (Å²) in [5.41, 5.74) is 0. The summed E-state index contributed by atoms with van der Waals surface area (Å²) in [4.78, 5) is 1.51. The van der Waals surface area contributed by atoms with Gasteiger partial charge in [-0.3, -0.25) is 0 Å². The van der Waals surface area contributed by atoms with E-state index in [1.165, 1.54) is 37.3 Å². The number of likely N-dealkylation sites (tertiary alicyclic amines) is 1. The Kier molecular flexibility index (Phi) is 3.90. The molecule has 3 saturated heterocycles. The van der Waals surface area contributed by atoms with E-state index in [0.717, 1.165) is 6.29 Å². The van der Waals surface area contributed by atoms with Crippen molar-refractivity contribution in [3.8, 4) is 0 Å². The Hall–Kier alpha value is 0.230. The van der Waals surface area contributed by atoms with Crippen LogP contribution < -0.4 is 4.90 Å². The predicted octanol–water partition coefficient (Wildman–Crippen LogP) is 1.87. The van der Waals surface area contributed by atoms with Crippen LogP contribution in [0.15, 0.2) is 0 Å². The van der Waals surface area contributed by atoms with Crippen molar-refractivity contribution < 1.29 is 23.0 Å². The second-order valence-corrected chi connectivity index (χ2v) is 9.76. The van der Waals surface area contributed by atoms with E-state index >= 15 is 0 Å². The molecule has 4 atom stereocenters. The molecule has 0 aromatic rings. The van der Waals surface area contributed by atoms with Gasteiger partial charge in [0.05, 0.1) is 0 Å². The summed E-state index contributed by atoms with van der Waals surface area (Å²) in [7, 11) is -3.38. The van der Waals surface area contributed by atoms with Crippen LogP contribution >= 0.6 is 7.51 Å². The molecule has 20 heavy (non-hydrogen) atoms. The van der Waals surface area contributed by atoms with Crippen molar-refractivity contribution in [2.24, 2.45) is 0 Å². The minimum atomic E-state index is -3.38. The third kappa shape index (κ3) is 2.53. The van der Waals surface area contributed by atoms with Crippen molar-refractivity contribution in [1.29, 1.82) is 0 Å². The zero-order chi connectivity index (χ0) is 14.4. The van der Waals surface area contributed by atoms with E-state index < -0.39 is 7.51 Å². The van der Waals surface area contributed by atoms with Gasteiger partial charge in [0.25, 0.3) is 0 Å². The second-order valence-electron chi connectivity index (χ2n) is 6.67. The van der Waals surface area contributed by atoms with Gasteiger partial charge in [-0.2, -0.15) is 0 Å². The van der Waals surface area contributed by atoms with E-state index in [-0.39, 0.29) is 24.4 Å². The minimum absolute atomic E-state index is 0.0364. The molecule has 1 spiro atoms. The van der Waals surface area contributed by atoms with E-state index in [1.54, 1.807) is 0 Å². The molecule has 3 heterocycles. The van der Waals surface area contributed by atoms with Gasteiger partial charge in [0.2, 0.25) is 0 Å². The molecule has 0 amide bonds. The Morgan fingerprint density at radius 3 is 1.55 bits per heavy atom. The zero-order valence-corrected chi connectivity index (χ0v) is 14.0. The first-order valence-corrected chi connectivity index (χ1v) is 10.1. The summed E-state index contributed by atoms with van der Waals surface area (Å²) in [6.45, 7) is 10.6. The number of piperidine rings is 1. The van der Waals surface area contributed by atoms with Crippen LogP contribution in [-0.4, -0.2) is 43.8 Å². The van der Waals surface area contributed by atoms with Crippen molar-refractivity contribution in [2.45, 2.75) is 71.4 Å². The maximum absolute atomic E-state index is 6.30. The number of rotatable bonds is 2. The monoisotopic (exact) mass is 306 g/mol. The predicted molar refractivity (Wildman–Crippen MR) is 78.5 cm³/mol. The van der Waals surface area contributed by atoms with Crippen LogP contribution in [0.4, 0.5) is 0 Å². The van der Waals surface area contributed by atoms with E-state index in [9.17, 15) is 0 Å². The van der Waals surface area contributed by atoms with Crippen molar-refractivity contribution in [3.05, 3.63) is 0 Å². The van der Waals surface area contributed by atoms with Crippen molar-refractivity contribution in [3.63, 3.8) is 0 Å². The maximum atomic E-state index is 6.30. The third-order valence-corrected chi connectivity index (χ3v) is 8.77. The molecule has 3 rings (SSSR count). The number of quaternary nitrogens is 1. The van der Waals surface area contributed by atoms with Gasteiger partial charge in [-0.25, -0.2) is 0 Å². The molecular formula is C14H29NO4P+. The van der Waals surface area contributed by atoms with Crippen LogP contribution in [0, 0.1) is 0 Å². The molecule has 0 aromatic carbocycles. The summed E-state index contributed by atoms with van der Waals surface area (Å²) in [6.07, 6.45) is 4.78. The number of nitrogens with one attached hydrogen (secondary N) is 1. The van der Waals surface area contributed by atoms with E-state index in [0.29, 0.717) is 0 Å². The fourth-order valence-corrected chi connectivity index (χ4v) is 8.40. The SMILES string of the molecule is C[C@@H]1OP2(C[NH+]3CCCCC3)(O[C@H]1C)O[C@@H](C)[C@@H](C)O2. The standard InChI is InChI=1S/C14H28NO4P/c1-11-12(2)17-20(16-11,18-13(3)14(4)19-20)10-15-8-6-5-7-9-15/h11-14H,5-10H2,1-4H3/p+1/t11-,12-,13-,14+/m0/s1. The quantitative estimate of drug-likeness (QED) is 0.791. The summed E-state index contributed by atoms with van der Waals surface area (Å²) < 4.78 is 25.2. The van der Waals surface area contributed by atoms with Crippen LogP contribution in [0.3, 0.4) is 0 Å². The molecule has 0 saturated carbocycles. The topological polar surface area (TPSA) is 41.4 Å². The Balaban J connectivity index is 1.85. The normalized spacial score (nSPS) is 46.3. The molecule has 0 radical (unpaired) electrons. The second kappa shape index (κ2) is 5.15. The van der Waals surface area contributed by atoms with Gasteiger partial charge in [-0.1, -0.05) is 0 Å². The van der Waals surface area contributed by atoms with Crippen molar-refractivity contribution in [1.82, 2.24) is 0 Å². The third-order valence-electron chi connectivity index (χ3n) is 4.84. The zero-order valence-electron chi connectivity index (χ0n) is 13.1. The molecule has 3 fully saturated rings. The Bertz CT molecular complexity index is 323. The van der Waals surface area contributed by atoms with Gasteiger partial charge in [-0.15, -0.1) is 0 Å². The van der Waals surface area contributed by atoms with Crippen molar-refractivity contribution >= 4 is 7.51 Å².